The first-order chi connectivity index (χ1) is 7.24. The molecule has 2 atom stereocenters. The molecule has 0 bridgehead atoms. The zero-order valence-corrected chi connectivity index (χ0v) is 10.1. The Balaban J connectivity index is 2.17. The van der Waals surface area contributed by atoms with Gasteiger partial charge in [0.1, 0.15) is 0 Å². The van der Waals surface area contributed by atoms with Crippen LogP contribution in [0.25, 0.3) is 0 Å². The smallest absolute Gasteiger partial charge is 0.0691 e. The standard InChI is InChI=1S/C13H27NO/c1-2-3-9-13(15)12(14)10-11-7-5-4-6-8-11/h11-13,15H,2-10,14H2,1H3/t12-,13-/m0/s1. The molecule has 0 unspecified atom stereocenters. The van der Waals surface area contributed by atoms with Crippen molar-refractivity contribution in [2.45, 2.75) is 76.9 Å². The maximum atomic E-state index is 9.85. The molecule has 0 aromatic carbocycles. The Morgan fingerprint density at radius 3 is 2.53 bits per heavy atom. The fourth-order valence-corrected chi connectivity index (χ4v) is 2.59. The lowest BCUT2D eigenvalue weighted by atomic mass is 9.83. The number of unbranched alkanes of at least 4 members (excludes halogenated alkanes) is 1. The zero-order valence-electron chi connectivity index (χ0n) is 10.1. The van der Waals surface area contributed by atoms with Gasteiger partial charge in [0, 0.05) is 6.04 Å². The maximum absolute atomic E-state index is 9.85. The number of hydrogen-bond acceptors (Lipinski definition) is 2. The number of rotatable bonds is 6. The quantitative estimate of drug-likeness (QED) is 0.712. The lowest BCUT2D eigenvalue weighted by Gasteiger charge is -2.27. The second-order valence-corrected chi connectivity index (χ2v) is 5.11. The molecular formula is C13H27NO. The fourth-order valence-electron chi connectivity index (χ4n) is 2.59. The Kier molecular flexibility index (Phi) is 6.26. The molecule has 0 spiro atoms. The van der Waals surface area contributed by atoms with Crippen molar-refractivity contribution < 1.29 is 5.11 Å². The topological polar surface area (TPSA) is 46.2 Å². The van der Waals surface area contributed by atoms with Crippen molar-refractivity contribution in [3.8, 4) is 0 Å². The molecule has 0 heterocycles. The minimum Gasteiger partial charge on any atom is -0.392 e. The molecule has 0 aromatic heterocycles. The molecule has 90 valence electrons. The van der Waals surface area contributed by atoms with Crippen LogP contribution in [0.5, 0.6) is 0 Å². The van der Waals surface area contributed by atoms with Gasteiger partial charge in [-0.25, -0.2) is 0 Å². The molecular weight excluding hydrogens is 186 g/mol. The fraction of sp³-hybridized carbons (Fsp3) is 1.00. The third-order valence-electron chi connectivity index (χ3n) is 3.68. The SMILES string of the molecule is CCCC[C@H](O)[C@@H](N)CC1CCCCC1. The van der Waals surface area contributed by atoms with E-state index in [2.05, 4.69) is 6.92 Å². The van der Waals surface area contributed by atoms with E-state index in [-0.39, 0.29) is 12.1 Å². The van der Waals surface area contributed by atoms with E-state index in [0.717, 1.165) is 31.6 Å². The van der Waals surface area contributed by atoms with Crippen molar-refractivity contribution in [2.24, 2.45) is 11.7 Å². The van der Waals surface area contributed by atoms with E-state index in [1.54, 1.807) is 0 Å². The van der Waals surface area contributed by atoms with Crippen LogP contribution in [0.15, 0.2) is 0 Å². The zero-order chi connectivity index (χ0) is 11.1. The van der Waals surface area contributed by atoms with E-state index >= 15 is 0 Å². The van der Waals surface area contributed by atoms with Crippen LogP contribution in [-0.2, 0) is 0 Å². The first-order valence-corrected chi connectivity index (χ1v) is 6.67. The number of aliphatic hydroxyl groups is 1. The van der Waals surface area contributed by atoms with E-state index in [4.69, 9.17) is 5.73 Å². The molecule has 2 heteroatoms. The summed E-state index contributed by atoms with van der Waals surface area (Å²) < 4.78 is 0. The number of aliphatic hydroxyl groups excluding tert-OH is 1. The Labute approximate surface area is 94.2 Å². The van der Waals surface area contributed by atoms with Crippen molar-refractivity contribution in [3.63, 3.8) is 0 Å². The van der Waals surface area contributed by atoms with Crippen molar-refractivity contribution in [1.82, 2.24) is 0 Å². The van der Waals surface area contributed by atoms with Crippen LogP contribution in [0, 0.1) is 5.92 Å². The van der Waals surface area contributed by atoms with Gasteiger partial charge in [-0.1, -0.05) is 51.9 Å². The molecule has 1 aliphatic rings. The second-order valence-electron chi connectivity index (χ2n) is 5.11. The predicted molar refractivity (Wildman–Crippen MR) is 64.7 cm³/mol. The van der Waals surface area contributed by atoms with Gasteiger partial charge in [-0.2, -0.15) is 0 Å². The van der Waals surface area contributed by atoms with Gasteiger partial charge in [0.2, 0.25) is 0 Å². The van der Waals surface area contributed by atoms with Gasteiger partial charge in [0.25, 0.3) is 0 Å². The summed E-state index contributed by atoms with van der Waals surface area (Å²) >= 11 is 0. The summed E-state index contributed by atoms with van der Waals surface area (Å²) in [5.74, 6) is 0.782. The van der Waals surface area contributed by atoms with E-state index in [0.29, 0.717) is 0 Å². The predicted octanol–water partition coefficient (Wildman–Crippen LogP) is 2.84. The molecule has 1 fully saturated rings. The highest BCUT2D eigenvalue weighted by molar-refractivity contribution is 4.77. The average Bonchev–Trinajstić information content (AvgIpc) is 2.27. The van der Waals surface area contributed by atoms with Gasteiger partial charge in [0.05, 0.1) is 6.10 Å². The van der Waals surface area contributed by atoms with Crippen LogP contribution in [0.4, 0.5) is 0 Å². The molecule has 0 radical (unpaired) electrons. The molecule has 2 nitrogen and oxygen atoms in total. The van der Waals surface area contributed by atoms with Gasteiger partial charge in [-0.3, -0.25) is 0 Å². The minimum atomic E-state index is -0.271. The highest BCUT2D eigenvalue weighted by Crippen LogP contribution is 2.27. The first kappa shape index (κ1) is 13.0. The second kappa shape index (κ2) is 7.24. The third kappa shape index (κ3) is 4.98. The molecule has 15 heavy (non-hydrogen) atoms. The lowest BCUT2D eigenvalue weighted by Crippen LogP contribution is -2.36. The van der Waals surface area contributed by atoms with Crippen LogP contribution >= 0.6 is 0 Å². The van der Waals surface area contributed by atoms with Crippen LogP contribution in [-0.4, -0.2) is 17.3 Å². The van der Waals surface area contributed by atoms with Gasteiger partial charge in [-0.05, 0) is 18.8 Å². The van der Waals surface area contributed by atoms with Crippen molar-refractivity contribution >= 4 is 0 Å². The number of hydrogen-bond donors (Lipinski definition) is 2. The Bertz CT molecular complexity index is 155. The molecule has 3 N–H and O–H groups in total. The molecule has 1 rings (SSSR count). The van der Waals surface area contributed by atoms with Crippen molar-refractivity contribution in [3.05, 3.63) is 0 Å². The van der Waals surface area contributed by atoms with Crippen LogP contribution in [0.1, 0.15) is 64.7 Å². The highest BCUT2D eigenvalue weighted by Gasteiger charge is 2.21. The molecule has 1 aliphatic carbocycles. The summed E-state index contributed by atoms with van der Waals surface area (Å²) in [6.07, 6.45) is 10.7. The normalized spacial score (nSPS) is 22.6. The highest BCUT2D eigenvalue weighted by atomic mass is 16.3. The van der Waals surface area contributed by atoms with Crippen LogP contribution < -0.4 is 5.73 Å². The summed E-state index contributed by atoms with van der Waals surface area (Å²) in [7, 11) is 0. The molecule has 0 saturated heterocycles. The molecule has 0 aliphatic heterocycles. The lowest BCUT2D eigenvalue weighted by molar-refractivity contribution is 0.116. The molecule has 1 saturated carbocycles. The average molecular weight is 213 g/mol. The van der Waals surface area contributed by atoms with Crippen molar-refractivity contribution in [2.75, 3.05) is 0 Å². The third-order valence-corrected chi connectivity index (χ3v) is 3.68. The van der Waals surface area contributed by atoms with E-state index in [9.17, 15) is 5.11 Å². The monoisotopic (exact) mass is 213 g/mol. The molecule has 0 aromatic rings. The van der Waals surface area contributed by atoms with Crippen LogP contribution in [0.3, 0.4) is 0 Å². The van der Waals surface area contributed by atoms with E-state index in [1.165, 1.54) is 32.1 Å². The Morgan fingerprint density at radius 1 is 1.27 bits per heavy atom. The Morgan fingerprint density at radius 2 is 1.93 bits per heavy atom. The van der Waals surface area contributed by atoms with Gasteiger partial charge >= 0.3 is 0 Å². The summed E-state index contributed by atoms with van der Waals surface area (Å²) in [6.45, 7) is 2.15. The Hall–Kier alpha value is -0.0800. The maximum Gasteiger partial charge on any atom is 0.0691 e. The van der Waals surface area contributed by atoms with E-state index in [1.807, 2.05) is 0 Å². The van der Waals surface area contributed by atoms with Gasteiger partial charge < -0.3 is 10.8 Å². The van der Waals surface area contributed by atoms with Crippen LogP contribution in [0.2, 0.25) is 0 Å². The summed E-state index contributed by atoms with van der Waals surface area (Å²) in [4.78, 5) is 0. The van der Waals surface area contributed by atoms with Gasteiger partial charge in [-0.15, -0.1) is 0 Å². The summed E-state index contributed by atoms with van der Waals surface area (Å²) in [5.41, 5.74) is 6.04. The van der Waals surface area contributed by atoms with E-state index < -0.39 is 0 Å². The minimum absolute atomic E-state index is 0.0136. The summed E-state index contributed by atoms with van der Waals surface area (Å²) in [5, 5.41) is 9.85. The largest absolute Gasteiger partial charge is 0.392 e. The van der Waals surface area contributed by atoms with Gasteiger partial charge in [0.15, 0.2) is 0 Å². The van der Waals surface area contributed by atoms with Crippen molar-refractivity contribution in [1.29, 1.82) is 0 Å². The number of nitrogens with two attached hydrogens (primary N) is 1. The molecule has 0 amide bonds. The summed E-state index contributed by atoms with van der Waals surface area (Å²) in [6, 6.07) is 0.0136. The first-order valence-electron chi connectivity index (χ1n) is 6.67.